The van der Waals surface area contributed by atoms with Gasteiger partial charge in [-0.3, -0.25) is 0 Å². The quantitative estimate of drug-likeness (QED) is 0.596. The molecule has 1 heterocycles. The molecule has 1 aliphatic heterocycles. The average molecular weight is 352 g/mol. The third kappa shape index (κ3) is 2.71. The van der Waals surface area contributed by atoms with Gasteiger partial charge in [0.2, 0.25) is 5.90 Å². The first-order valence-corrected chi connectivity index (χ1v) is 8.35. The molecular formula is C21H15ClFNO. The van der Waals surface area contributed by atoms with Gasteiger partial charge in [0.1, 0.15) is 6.67 Å². The summed E-state index contributed by atoms with van der Waals surface area (Å²) in [7, 11) is 0. The summed E-state index contributed by atoms with van der Waals surface area (Å²) in [4.78, 5) is 4.59. The molecule has 1 aliphatic rings. The number of ether oxygens (including phenoxy) is 1. The zero-order valence-electron chi connectivity index (χ0n) is 13.3. The van der Waals surface area contributed by atoms with Crippen LogP contribution in [0.2, 0.25) is 5.02 Å². The fraction of sp³-hybridized carbons (Fsp3) is 0.0952. The topological polar surface area (TPSA) is 21.6 Å². The van der Waals surface area contributed by atoms with Gasteiger partial charge in [0.15, 0.2) is 5.60 Å². The van der Waals surface area contributed by atoms with E-state index in [1.807, 2.05) is 54.6 Å². The molecule has 1 atom stereocenters. The first-order chi connectivity index (χ1) is 12.2. The van der Waals surface area contributed by atoms with E-state index >= 15 is 0 Å². The lowest BCUT2D eigenvalue weighted by Crippen LogP contribution is -2.30. The standard InChI is InChI=1S/C21H15ClFNO/c22-16-12-10-15(11-13-16)21(14-23)19-9-5-4-8-18(19)20(25-21)24-17-6-2-1-3-7-17/h1-13H,14H2. The highest BCUT2D eigenvalue weighted by atomic mass is 35.5. The second kappa shape index (κ2) is 6.34. The number of rotatable bonds is 3. The number of hydrogen-bond acceptors (Lipinski definition) is 2. The maximum absolute atomic E-state index is 14.3. The zero-order valence-corrected chi connectivity index (χ0v) is 14.1. The van der Waals surface area contributed by atoms with Crippen LogP contribution in [0.4, 0.5) is 10.1 Å². The Labute approximate surface area is 150 Å². The summed E-state index contributed by atoms with van der Waals surface area (Å²) < 4.78 is 20.4. The minimum Gasteiger partial charge on any atom is -0.458 e. The number of nitrogens with zero attached hydrogens (tertiary/aromatic N) is 1. The Bertz CT molecular complexity index is 924. The molecule has 0 amide bonds. The number of para-hydroxylation sites is 1. The van der Waals surface area contributed by atoms with Gasteiger partial charge < -0.3 is 4.74 Å². The molecule has 4 heteroatoms. The van der Waals surface area contributed by atoms with Crippen LogP contribution in [0.5, 0.6) is 0 Å². The van der Waals surface area contributed by atoms with Gasteiger partial charge in [0.05, 0.1) is 5.69 Å². The van der Waals surface area contributed by atoms with E-state index in [9.17, 15) is 4.39 Å². The van der Waals surface area contributed by atoms with Crippen LogP contribution in [0.15, 0.2) is 83.9 Å². The molecule has 0 aromatic heterocycles. The van der Waals surface area contributed by atoms with Crippen LogP contribution in [-0.4, -0.2) is 12.6 Å². The number of aliphatic imine (C=N–C) groups is 1. The largest absolute Gasteiger partial charge is 0.458 e. The Kier molecular flexibility index (Phi) is 4.02. The van der Waals surface area contributed by atoms with Crippen molar-refractivity contribution in [3.63, 3.8) is 0 Å². The second-order valence-electron chi connectivity index (χ2n) is 5.87. The van der Waals surface area contributed by atoms with Crippen molar-refractivity contribution in [2.75, 3.05) is 6.67 Å². The zero-order chi connectivity index (χ0) is 17.3. The lowest BCUT2D eigenvalue weighted by molar-refractivity contribution is 0.0805. The van der Waals surface area contributed by atoms with Crippen LogP contribution in [-0.2, 0) is 10.3 Å². The normalized spacial score (nSPS) is 20.3. The second-order valence-corrected chi connectivity index (χ2v) is 6.30. The van der Waals surface area contributed by atoms with E-state index in [1.165, 1.54) is 0 Å². The van der Waals surface area contributed by atoms with Crippen LogP contribution in [0, 0.1) is 0 Å². The summed E-state index contributed by atoms with van der Waals surface area (Å²) in [6.07, 6.45) is 0. The van der Waals surface area contributed by atoms with Crippen molar-refractivity contribution in [3.05, 3.63) is 101 Å². The van der Waals surface area contributed by atoms with E-state index in [0.29, 0.717) is 16.5 Å². The highest BCUT2D eigenvalue weighted by molar-refractivity contribution is 6.30. The SMILES string of the molecule is FCC1(c2ccc(Cl)cc2)OC(=Nc2ccccc2)c2ccccc21. The summed E-state index contributed by atoms with van der Waals surface area (Å²) in [5.74, 6) is 0.425. The molecule has 1 unspecified atom stereocenters. The molecule has 0 bridgehead atoms. The molecule has 124 valence electrons. The van der Waals surface area contributed by atoms with Crippen molar-refractivity contribution >= 4 is 23.2 Å². The van der Waals surface area contributed by atoms with Gasteiger partial charge in [-0.2, -0.15) is 0 Å². The number of benzene rings is 3. The molecule has 4 rings (SSSR count). The van der Waals surface area contributed by atoms with Gasteiger partial charge in [-0.25, -0.2) is 9.38 Å². The molecule has 3 aromatic rings. The van der Waals surface area contributed by atoms with Crippen molar-refractivity contribution in [1.29, 1.82) is 0 Å². The summed E-state index contributed by atoms with van der Waals surface area (Å²) >= 11 is 5.98. The minimum absolute atomic E-state index is 0.425. The van der Waals surface area contributed by atoms with Gasteiger partial charge in [-0.1, -0.05) is 60.1 Å². The first kappa shape index (κ1) is 15.9. The molecule has 0 aliphatic carbocycles. The number of alkyl halides is 1. The molecular weight excluding hydrogens is 337 g/mol. The van der Waals surface area contributed by atoms with E-state index in [2.05, 4.69) is 4.99 Å². The van der Waals surface area contributed by atoms with E-state index in [-0.39, 0.29) is 0 Å². The Balaban J connectivity index is 1.88. The van der Waals surface area contributed by atoms with Crippen LogP contribution >= 0.6 is 11.6 Å². The highest BCUT2D eigenvalue weighted by Crippen LogP contribution is 2.43. The van der Waals surface area contributed by atoms with Gasteiger partial charge in [0.25, 0.3) is 0 Å². The minimum atomic E-state index is -1.20. The Morgan fingerprint density at radius 2 is 1.56 bits per heavy atom. The predicted octanol–water partition coefficient (Wildman–Crippen LogP) is 5.66. The molecule has 0 fully saturated rings. The van der Waals surface area contributed by atoms with Crippen molar-refractivity contribution in [3.8, 4) is 0 Å². The molecule has 3 aromatic carbocycles. The van der Waals surface area contributed by atoms with Crippen molar-refractivity contribution < 1.29 is 9.13 Å². The summed E-state index contributed by atoms with van der Waals surface area (Å²) in [6.45, 7) is -0.695. The van der Waals surface area contributed by atoms with Crippen LogP contribution in [0.3, 0.4) is 0 Å². The monoisotopic (exact) mass is 351 g/mol. The predicted molar refractivity (Wildman–Crippen MR) is 98.4 cm³/mol. The molecule has 2 nitrogen and oxygen atoms in total. The molecule has 0 spiro atoms. The Morgan fingerprint density at radius 3 is 2.28 bits per heavy atom. The summed E-state index contributed by atoms with van der Waals surface area (Å²) in [5.41, 5.74) is 1.85. The van der Waals surface area contributed by atoms with Gasteiger partial charge >= 0.3 is 0 Å². The van der Waals surface area contributed by atoms with E-state index in [1.54, 1.807) is 24.3 Å². The first-order valence-electron chi connectivity index (χ1n) is 7.97. The number of hydrogen-bond donors (Lipinski definition) is 0. The summed E-state index contributed by atoms with van der Waals surface area (Å²) in [6, 6.07) is 24.2. The van der Waals surface area contributed by atoms with E-state index in [0.717, 1.165) is 16.8 Å². The van der Waals surface area contributed by atoms with E-state index in [4.69, 9.17) is 16.3 Å². The average Bonchev–Trinajstić information content (AvgIpc) is 2.98. The fourth-order valence-electron chi connectivity index (χ4n) is 3.11. The molecule has 25 heavy (non-hydrogen) atoms. The smallest absolute Gasteiger partial charge is 0.223 e. The Hall–Kier alpha value is -2.65. The molecule has 0 saturated heterocycles. The number of halogens is 2. The van der Waals surface area contributed by atoms with Gasteiger partial charge in [0, 0.05) is 21.7 Å². The van der Waals surface area contributed by atoms with E-state index < -0.39 is 12.3 Å². The van der Waals surface area contributed by atoms with Crippen molar-refractivity contribution in [2.45, 2.75) is 5.60 Å². The lowest BCUT2D eigenvalue weighted by Gasteiger charge is -2.27. The maximum Gasteiger partial charge on any atom is 0.223 e. The number of fused-ring (bicyclic) bond motifs is 1. The summed E-state index contributed by atoms with van der Waals surface area (Å²) in [5, 5.41) is 0.599. The van der Waals surface area contributed by atoms with Crippen molar-refractivity contribution in [2.24, 2.45) is 4.99 Å². The Morgan fingerprint density at radius 1 is 0.880 bits per heavy atom. The molecule has 0 N–H and O–H groups in total. The van der Waals surface area contributed by atoms with Crippen LogP contribution < -0.4 is 0 Å². The van der Waals surface area contributed by atoms with Crippen molar-refractivity contribution in [1.82, 2.24) is 0 Å². The third-order valence-corrected chi connectivity index (χ3v) is 4.60. The van der Waals surface area contributed by atoms with Gasteiger partial charge in [-0.15, -0.1) is 0 Å². The molecule has 0 saturated carbocycles. The highest BCUT2D eigenvalue weighted by Gasteiger charge is 2.46. The van der Waals surface area contributed by atoms with Crippen LogP contribution in [0.1, 0.15) is 16.7 Å². The van der Waals surface area contributed by atoms with Crippen LogP contribution in [0.25, 0.3) is 0 Å². The third-order valence-electron chi connectivity index (χ3n) is 4.35. The molecule has 0 radical (unpaired) electrons. The van der Waals surface area contributed by atoms with Gasteiger partial charge in [-0.05, 0) is 30.3 Å². The maximum atomic E-state index is 14.3. The fourth-order valence-corrected chi connectivity index (χ4v) is 3.24. The lowest BCUT2D eigenvalue weighted by atomic mass is 9.86.